The van der Waals surface area contributed by atoms with Crippen LogP contribution in [0.2, 0.25) is 0 Å². The number of fused-ring (bicyclic) bond motifs is 2. The van der Waals surface area contributed by atoms with Crippen molar-refractivity contribution in [2.75, 3.05) is 0 Å². The van der Waals surface area contributed by atoms with Crippen LogP contribution in [0.15, 0.2) is 79.3 Å². The summed E-state index contributed by atoms with van der Waals surface area (Å²) in [7, 11) is 0. The van der Waals surface area contributed by atoms with E-state index in [4.69, 9.17) is 15.0 Å². The molecule has 0 radical (unpaired) electrons. The van der Waals surface area contributed by atoms with E-state index in [1.165, 1.54) is 0 Å². The number of aliphatic carboxylic acids is 2. The molecule has 36 heavy (non-hydrogen) atoms. The van der Waals surface area contributed by atoms with Gasteiger partial charge in [-0.1, -0.05) is 42.5 Å². The SMILES string of the molecule is O=C(O)C(F)(F)F.O=C(O)Cc1ccc(-c2c[nH]c3ncc(-c4cccc5ncccc45)cc23)cc1. The van der Waals surface area contributed by atoms with Gasteiger partial charge < -0.3 is 15.2 Å². The molecule has 3 aromatic heterocycles. The van der Waals surface area contributed by atoms with E-state index >= 15 is 0 Å². The van der Waals surface area contributed by atoms with Crippen molar-refractivity contribution in [3.63, 3.8) is 0 Å². The fourth-order valence-electron chi connectivity index (χ4n) is 3.72. The Morgan fingerprint density at radius 2 is 1.58 bits per heavy atom. The molecule has 2 aromatic carbocycles. The van der Waals surface area contributed by atoms with Crippen LogP contribution < -0.4 is 0 Å². The smallest absolute Gasteiger partial charge is 0.481 e. The molecule has 3 heterocycles. The zero-order valence-electron chi connectivity index (χ0n) is 18.5. The molecule has 0 saturated heterocycles. The van der Waals surface area contributed by atoms with Crippen molar-refractivity contribution in [3.05, 3.63) is 84.8 Å². The van der Waals surface area contributed by atoms with Crippen LogP contribution in [0.3, 0.4) is 0 Å². The number of carbonyl (C=O) groups is 2. The molecule has 0 saturated carbocycles. The Kier molecular flexibility index (Phi) is 6.69. The van der Waals surface area contributed by atoms with Crippen LogP contribution >= 0.6 is 0 Å². The standard InChI is InChI=1S/C24H17N3O2.C2HF3O2/c28-23(29)11-15-6-8-16(9-7-15)21-14-27-24-20(21)12-17(13-26-24)18-3-1-5-22-19(18)4-2-10-25-22;3-2(4,5)1(6)7/h1-10,12-14H,11H2,(H,26,27)(H,28,29);(H,6,7). The van der Waals surface area contributed by atoms with Gasteiger partial charge in [0.05, 0.1) is 11.9 Å². The lowest BCUT2D eigenvalue weighted by Gasteiger charge is -2.07. The molecule has 0 fully saturated rings. The van der Waals surface area contributed by atoms with Gasteiger partial charge in [0, 0.05) is 40.5 Å². The Morgan fingerprint density at radius 1 is 0.861 bits per heavy atom. The first-order valence-corrected chi connectivity index (χ1v) is 10.6. The van der Waals surface area contributed by atoms with Crippen molar-refractivity contribution in [2.24, 2.45) is 0 Å². The summed E-state index contributed by atoms with van der Waals surface area (Å²) in [6, 6.07) is 19.9. The first kappa shape index (κ1) is 24.4. The van der Waals surface area contributed by atoms with E-state index in [0.717, 1.165) is 49.8 Å². The molecule has 0 atom stereocenters. The molecule has 5 aromatic rings. The van der Waals surface area contributed by atoms with E-state index in [2.05, 4.69) is 33.2 Å². The fourth-order valence-corrected chi connectivity index (χ4v) is 3.72. The normalized spacial score (nSPS) is 11.2. The highest BCUT2D eigenvalue weighted by Crippen LogP contribution is 2.33. The zero-order valence-corrected chi connectivity index (χ0v) is 18.5. The molecule has 3 N–H and O–H groups in total. The number of rotatable bonds is 4. The summed E-state index contributed by atoms with van der Waals surface area (Å²) < 4.78 is 31.7. The minimum Gasteiger partial charge on any atom is -0.481 e. The Hall–Kier alpha value is -4.73. The molecule has 0 spiro atoms. The number of alkyl halides is 3. The number of nitrogens with one attached hydrogen (secondary N) is 1. The third-order valence-electron chi connectivity index (χ3n) is 5.35. The molecule has 5 rings (SSSR count). The molecule has 0 aliphatic carbocycles. The number of pyridine rings is 2. The molecule has 0 bridgehead atoms. The van der Waals surface area contributed by atoms with Gasteiger partial charge >= 0.3 is 18.1 Å². The highest BCUT2D eigenvalue weighted by molar-refractivity contribution is 6.00. The van der Waals surface area contributed by atoms with Crippen LogP contribution in [-0.2, 0) is 16.0 Å². The second-order valence-electron chi connectivity index (χ2n) is 7.77. The Labute approximate surface area is 201 Å². The van der Waals surface area contributed by atoms with Gasteiger partial charge in [0.1, 0.15) is 5.65 Å². The van der Waals surface area contributed by atoms with Crippen LogP contribution in [0.25, 0.3) is 44.2 Å². The van der Waals surface area contributed by atoms with Crippen molar-refractivity contribution in [1.29, 1.82) is 0 Å². The van der Waals surface area contributed by atoms with E-state index in [0.29, 0.717) is 0 Å². The third-order valence-corrected chi connectivity index (χ3v) is 5.35. The lowest BCUT2D eigenvalue weighted by Crippen LogP contribution is -2.21. The molecule has 0 amide bonds. The van der Waals surface area contributed by atoms with Crippen molar-refractivity contribution in [2.45, 2.75) is 12.6 Å². The topological polar surface area (TPSA) is 116 Å². The summed E-state index contributed by atoms with van der Waals surface area (Å²) in [5, 5.41) is 18.2. The zero-order chi connectivity index (χ0) is 25.9. The summed E-state index contributed by atoms with van der Waals surface area (Å²) in [6.07, 6.45) is 0.555. The van der Waals surface area contributed by atoms with Crippen molar-refractivity contribution in [1.82, 2.24) is 15.0 Å². The maximum Gasteiger partial charge on any atom is 0.490 e. The number of carboxylic acids is 2. The van der Waals surface area contributed by atoms with Gasteiger partial charge in [-0.3, -0.25) is 9.78 Å². The fraction of sp³-hybridized carbons (Fsp3) is 0.0769. The minimum atomic E-state index is -5.08. The molecule has 0 aliphatic rings. The quantitative estimate of drug-likeness (QED) is 0.296. The summed E-state index contributed by atoms with van der Waals surface area (Å²) in [4.78, 5) is 32.1. The van der Waals surface area contributed by atoms with Crippen LogP contribution in [0.5, 0.6) is 0 Å². The summed E-state index contributed by atoms with van der Waals surface area (Å²) in [5.74, 6) is -3.59. The number of nitrogens with zero attached hydrogens (tertiary/aromatic N) is 2. The maximum absolute atomic E-state index is 10.9. The third kappa shape index (κ3) is 5.33. The predicted octanol–water partition coefficient (Wildman–Crippen LogP) is 5.71. The highest BCUT2D eigenvalue weighted by Gasteiger charge is 2.38. The van der Waals surface area contributed by atoms with Crippen molar-refractivity contribution < 1.29 is 33.0 Å². The van der Waals surface area contributed by atoms with E-state index in [1.54, 1.807) is 6.20 Å². The Morgan fingerprint density at radius 3 is 2.25 bits per heavy atom. The first-order valence-electron chi connectivity index (χ1n) is 10.6. The molecule has 0 unspecified atom stereocenters. The number of aromatic amines is 1. The van der Waals surface area contributed by atoms with Gasteiger partial charge in [-0.05, 0) is 34.9 Å². The summed E-state index contributed by atoms with van der Waals surface area (Å²) >= 11 is 0. The Bertz CT molecular complexity index is 1560. The summed E-state index contributed by atoms with van der Waals surface area (Å²) in [6.45, 7) is 0. The molecule has 182 valence electrons. The summed E-state index contributed by atoms with van der Waals surface area (Å²) in [5.41, 5.74) is 6.72. The van der Waals surface area contributed by atoms with Gasteiger partial charge in [-0.2, -0.15) is 13.2 Å². The molecule has 0 aliphatic heterocycles. The van der Waals surface area contributed by atoms with Crippen LogP contribution in [-0.4, -0.2) is 43.3 Å². The van der Waals surface area contributed by atoms with E-state index in [9.17, 15) is 18.0 Å². The second-order valence-corrected chi connectivity index (χ2v) is 7.77. The van der Waals surface area contributed by atoms with Crippen LogP contribution in [0.1, 0.15) is 5.56 Å². The Balaban J connectivity index is 0.000000384. The average Bonchev–Trinajstić information content (AvgIpc) is 3.27. The van der Waals surface area contributed by atoms with E-state index in [-0.39, 0.29) is 6.42 Å². The number of hydrogen-bond acceptors (Lipinski definition) is 4. The van der Waals surface area contributed by atoms with Gasteiger partial charge in [-0.15, -0.1) is 0 Å². The van der Waals surface area contributed by atoms with Crippen molar-refractivity contribution in [3.8, 4) is 22.3 Å². The number of halogens is 3. The highest BCUT2D eigenvalue weighted by atomic mass is 19.4. The van der Waals surface area contributed by atoms with E-state index in [1.807, 2.05) is 54.9 Å². The van der Waals surface area contributed by atoms with Crippen molar-refractivity contribution >= 4 is 33.9 Å². The van der Waals surface area contributed by atoms with E-state index < -0.39 is 18.1 Å². The van der Waals surface area contributed by atoms with Gasteiger partial charge in [-0.25, -0.2) is 9.78 Å². The van der Waals surface area contributed by atoms with Gasteiger partial charge in [0.2, 0.25) is 0 Å². The van der Waals surface area contributed by atoms with Gasteiger partial charge in [0.25, 0.3) is 0 Å². The number of H-pyrrole nitrogens is 1. The minimum absolute atomic E-state index is 0.0228. The number of benzene rings is 2. The van der Waals surface area contributed by atoms with Crippen LogP contribution in [0, 0.1) is 0 Å². The number of hydrogen-bond donors (Lipinski definition) is 3. The molecular formula is C26H18F3N3O4. The molecule has 7 nitrogen and oxygen atoms in total. The monoisotopic (exact) mass is 493 g/mol. The molecular weight excluding hydrogens is 475 g/mol. The number of aromatic nitrogens is 3. The lowest BCUT2D eigenvalue weighted by atomic mass is 9.99. The lowest BCUT2D eigenvalue weighted by molar-refractivity contribution is -0.192. The van der Waals surface area contributed by atoms with Gasteiger partial charge in [0.15, 0.2) is 0 Å². The molecule has 10 heteroatoms. The first-order chi connectivity index (χ1) is 17.1. The second kappa shape index (κ2) is 9.87. The maximum atomic E-state index is 10.9. The van der Waals surface area contributed by atoms with Crippen LogP contribution in [0.4, 0.5) is 13.2 Å². The number of carboxylic acid groups (broad SMARTS) is 2. The predicted molar refractivity (Wildman–Crippen MR) is 127 cm³/mol. The average molecular weight is 493 g/mol. The largest absolute Gasteiger partial charge is 0.490 e.